The lowest BCUT2D eigenvalue weighted by Crippen LogP contribution is -2.52. The van der Waals surface area contributed by atoms with E-state index < -0.39 is 0 Å². The Balaban J connectivity index is 1.25. The van der Waals surface area contributed by atoms with Gasteiger partial charge >= 0.3 is 0 Å². The van der Waals surface area contributed by atoms with E-state index in [1.54, 1.807) is 0 Å². The van der Waals surface area contributed by atoms with Crippen LogP contribution in [-0.2, 0) is 11.2 Å². The van der Waals surface area contributed by atoms with Gasteiger partial charge in [0.25, 0.3) is 0 Å². The lowest BCUT2D eigenvalue weighted by atomic mass is 9.84. The van der Waals surface area contributed by atoms with E-state index in [1.807, 2.05) is 7.05 Å². The van der Waals surface area contributed by atoms with Gasteiger partial charge in [-0.15, -0.1) is 0 Å². The number of rotatable bonds is 8. The van der Waals surface area contributed by atoms with Gasteiger partial charge in [-0.25, -0.2) is 0 Å². The van der Waals surface area contributed by atoms with Crippen LogP contribution in [-0.4, -0.2) is 74.5 Å². The Kier molecular flexibility index (Phi) is 8.15. The first-order valence-electron chi connectivity index (χ1n) is 10.8. The smallest absolute Gasteiger partial charge is 0.225 e. The minimum atomic E-state index is 0.324. The van der Waals surface area contributed by atoms with Crippen LogP contribution in [0.5, 0.6) is 0 Å². The van der Waals surface area contributed by atoms with Crippen LogP contribution in [0.15, 0.2) is 35.3 Å². The Morgan fingerprint density at radius 2 is 1.79 bits per heavy atom. The van der Waals surface area contributed by atoms with Crippen molar-refractivity contribution < 1.29 is 4.79 Å². The molecule has 1 aliphatic heterocycles. The normalized spacial score (nSPS) is 18.6. The Morgan fingerprint density at radius 1 is 1.07 bits per heavy atom. The van der Waals surface area contributed by atoms with Crippen LogP contribution in [0.3, 0.4) is 0 Å². The molecular formula is C22H35N5O. The summed E-state index contributed by atoms with van der Waals surface area (Å²) in [6.45, 7) is 6.47. The Hall–Kier alpha value is -2.08. The van der Waals surface area contributed by atoms with Crippen molar-refractivity contribution >= 4 is 11.9 Å². The number of hydrogen-bond acceptors (Lipinski definition) is 3. The highest BCUT2D eigenvalue weighted by molar-refractivity contribution is 5.80. The van der Waals surface area contributed by atoms with Crippen LogP contribution in [0.25, 0.3) is 0 Å². The highest BCUT2D eigenvalue weighted by Gasteiger charge is 2.30. The van der Waals surface area contributed by atoms with Gasteiger partial charge in [0.2, 0.25) is 5.91 Å². The van der Waals surface area contributed by atoms with Crippen LogP contribution in [0.4, 0.5) is 0 Å². The van der Waals surface area contributed by atoms with Crippen LogP contribution >= 0.6 is 0 Å². The van der Waals surface area contributed by atoms with Gasteiger partial charge in [-0.05, 0) is 31.2 Å². The number of nitrogens with one attached hydrogen (secondary N) is 2. The fourth-order valence-electron chi connectivity index (χ4n) is 3.80. The molecular weight excluding hydrogens is 350 g/mol. The van der Waals surface area contributed by atoms with Crippen molar-refractivity contribution in [3.05, 3.63) is 35.9 Å². The molecule has 1 amide bonds. The van der Waals surface area contributed by atoms with Crippen molar-refractivity contribution in [2.45, 2.75) is 32.1 Å². The number of amides is 1. The van der Waals surface area contributed by atoms with Gasteiger partial charge in [0, 0.05) is 58.8 Å². The van der Waals surface area contributed by atoms with Crippen molar-refractivity contribution in [2.75, 3.05) is 52.9 Å². The number of carbonyl (C=O) groups excluding carboxylic acids is 1. The van der Waals surface area contributed by atoms with Crippen molar-refractivity contribution in [3.63, 3.8) is 0 Å². The zero-order valence-corrected chi connectivity index (χ0v) is 17.2. The minimum absolute atomic E-state index is 0.324. The molecule has 0 unspecified atom stereocenters. The number of aliphatic imine (C=N–C) groups is 1. The predicted molar refractivity (Wildman–Crippen MR) is 114 cm³/mol. The summed E-state index contributed by atoms with van der Waals surface area (Å²) in [7, 11) is 1.82. The molecule has 1 aromatic carbocycles. The molecule has 2 aliphatic rings. The summed E-state index contributed by atoms with van der Waals surface area (Å²) in [6, 6.07) is 10.6. The Labute approximate surface area is 169 Å². The predicted octanol–water partition coefficient (Wildman–Crippen LogP) is 1.73. The summed E-state index contributed by atoms with van der Waals surface area (Å²) < 4.78 is 0. The minimum Gasteiger partial charge on any atom is -0.356 e. The van der Waals surface area contributed by atoms with E-state index in [2.05, 4.69) is 55.8 Å². The van der Waals surface area contributed by atoms with Gasteiger partial charge in [0.1, 0.15) is 0 Å². The molecule has 0 spiro atoms. The molecule has 2 N–H and O–H groups in total. The number of piperazine rings is 1. The maximum absolute atomic E-state index is 12.3. The molecule has 0 radical (unpaired) electrons. The van der Waals surface area contributed by atoms with E-state index in [0.717, 1.165) is 77.5 Å². The standard InChI is InChI=1S/C22H35N5O/c1-23-22(24-12-6-9-19-7-3-2-4-8-19)25-13-14-26-15-17-27(18-16-26)21(28)20-10-5-11-20/h2-4,7-8,20H,5-6,9-18H2,1H3,(H2,23,24,25). The average Bonchev–Trinajstić information content (AvgIpc) is 2.69. The summed E-state index contributed by atoms with van der Waals surface area (Å²) in [5.41, 5.74) is 1.38. The second kappa shape index (κ2) is 11.1. The van der Waals surface area contributed by atoms with E-state index in [4.69, 9.17) is 0 Å². The number of benzene rings is 1. The van der Waals surface area contributed by atoms with E-state index in [9.17, 15) is 4.79 Å². The van der Waals surface area contributed by atoms with Crippen LogP contribution in [0, 0.1) is 5.92 Å². The summed E-state index contributed by atoms with van der Waals surface area (Å²) >= 11 is 0. The van der Waals surface area contributed by atoms with Gasteiger partial charge in [0.05, 0.1) is 0 Å². The quantitative estimate of drug-likeness (QED) is 0.406. The second-order valence-electron chi connectivity index (χ2n) is 7.81. The summed E-state index contributed by atoms with van der Waals surface area (Å²) in [5.74, 6) is 1.58. The van der Waals surface area contributed by atoms with Crippen LogP contribution in [0.1, 0.15) is 31.2 Å². The number of aryl methyl sites for hydroxylation is 1. The summed E-state index contributed by atoms with van der Waals surface area (Å²) in [5, 5.41) is 6.79. The van der Waals surface area contributed by atoms with Gasteiger partial charge in [-0.1, -0.05) is 36.8 Å². The highest BCUT2D eigenvalue weighted by atomic mass is 16.2. The molecule has 0 aromatic heterocycles. The lowest BCUT2D eigenvalue weighted by Gasteiger charge is -2.38. The Bertz CT molecular complexity index is 621. The molecule has 3 rings (SSSR count). The lowest BCUT2D eigenvalue weighted by molar-refractivity contribution is -0.139. The fourth-order valence-corrected chi connectivity index (χ4v) is 3.80. The third-order valence-corrected chi connectivity index (χ3v) is 5.86. The zero-order chi connectivity index (χ0) is 19.6. The number of guanidine groups is 1. The molecule has 28 heavy (non-hydrogen) atoms. The first-order chi connectivity index (χ1) is 13.8. The first-order valence-corrected chi connectivity index (χ1v) is 10.8. The molecule has 1 heterocycles. The first kappa shape index (κ1) is 20.6. The van der Waals surface area contributed by atoms with Crippen LogP contribution in [0.2, 0.25) is 0 Å². The molecule has 1 aliphatic carbocycles. The van der Waals surface area contributed by atoms with Gasteiger partial charge in [0.15, 0.2) is 5.96 Å². The fraction of sp³-hybridized carbons (Fsp3) is 0.636. The molecule has 2 fully saturated rings. The summed E-state index contributed by atoms with van der Waals surface area (Å²) in [4.78, 5) is 21.1. The molecule has 1 saturated heterocycles. The largest absolute Gasteiger partial charge is 0.356 e. The maximum atomic E-state index is 12.3. The van der Waals surface area contributed by atoms with Gasteiger partial charge < -0.3 is 15.5 Å². The Morgan fingerprint density at radius 3 is 2.43 bits per heavy atom. The van der Waals surface area contributed by atoms with E-state index in [-0.39, 0.29) is 0 Å². The molecule has 6 heteroatoms. The monoisotopic (exact) mass is 385 g/mol. The van der Waals surface area contributed by atoms with E-state index in [0.29, 0.717) is 11.8 Å². The molecule has 0 bridgehead atoms. The molecule has 1 aromatic rings. The molecule has 6 nitrogen and oxygen atoms in total. The van der Waals surface area contributed by atoms with Crippen LogP contribution < -0.4 is 10.6 Å². The number of carbonyl (C=O) groups is 1. The highest BCUT2D eigenvalue weighted by Crippen LogP contribution is 2.28. The van der Waals surface area contributed by atoms with Crippen molar-refractivity contribution in [3.8, 4) is 0 Å². The van der Waals surface area contributed by atoms with Gasteiger partial charge in [-0.3, -0.25) is 14.7 Å². The van der Waals surface area contributed by atoms with Crippen molar-refractivity contribution in [2.24, 2.45) is 10.9 Å². The second-order valence-corrected chi connectivity index (χ2v) is 7.81. The molecule has 154 valence electrons. The third kappa shape index (κ3) is 6.23. The SMILES string of the molecule is CN=C(NCCCc1ccccc1)NCCN1CCN(C(=O)C2CCC2)CC1. The summed E-state index contributed by atoms with van der Waals surface area (Å²) in [6.07, 6.45) is 5.58. The number of nitrogens with zero attached hydrogens (tertiary/aromatic N) is 3. The van der Waals surface area contributed by atoms with Gasteiger partial charge in [-0.2, -0.15) is 0 Å². The topological polar surface area (TPSA) is 60.0 Å². The van der Waals surface area contributed by atoms with Crippen molar-refractivity contribution in [1.29, 1.82) is 0 Å². The van der Waals surface area contributed by atoms with Crippen molar-refractivity contribution in [1.82, 2.24) is 20.4 Å². The molecule has 0 atom stereocenters. The van der Waals surface area contributed by atoms with E-state index in [1.165, 1.54) is 12.0 Å². The maximum Gasteiger partial charge on any atom is 0.225 e. The van der Waals surface area contributed by atoms with E-state index >= 15 is 0 Å². The molecule has 1 saturated carbocycles. The zero-order valence-electron chi connectivity index (χ0n) is 17.2. The average molecular weight is 386 g/mol. The third-order valence-electron chi connectivity index (χ3n) is 5.86. The number of hydrogen-bond donors (Lipinski definition) is 2.